The second-order valence-corrected chi connectivity index (χ2v) is 9.17. The van der Waals surface area contributed by atoms with E-state index in [1.54, 1.807) is 12.0 Å². The first kappa shape index (κ1) is 24.8. The van der Waals surface area contributed by atoms with Crippen LogP contribution < -0.4 is 9.47 Å². The molecule has 3 aromatic carbocycles. The Kier molecular flexibility index (Phi) is 8.09. The third-order valence-corrected chi connectivity index (χ3v) is 6.55. The van der Waals surface area contributed by atoms with Crippen molar-refractivity contribution in [2.45, 2.75) is 57.7 Å². The minimum absolute atomic E-state index is 0.186. The van der Waals surface area contributed by atoms with Gasteiger partial charge >= 0.3 is 0 Å². The van der Waals surface area contributed by atoms with Crippen molar-refractivity contribution in [2.75, 3.05) is 13.7 Å². The minimum atomic E-state index is -1.10. The highest BCUT2D eigenvalue weighted by Gasteiger charge is 2.49. The molecule has 184 valence electrons. The Morgan fingerprint density at radius 3 is 2.29 bits per heavy atom. The number of rotatable bonds is 12. The van der Waals surface area contributed by atoms with Gasteiger partial charge in [0.2, 0.25) is 0 Å². The van der Waals surface area contributed by atoms with Gasteiger partial charge in [-0.15, -0.1) is 0 Å². The van der Waals surface area contributed by atoms with Gasteiger partial charge in [0.05, 0.1) is 20.3 Å². The summed E-state index contributed by atoms with van der Waals surface area (Å²) in [7, 11) is 1.65. The van der Waals surface area contributed by atoms with Crippen molar-refractivity contribution in [3.8, 4) is 22.6 Å². The molecule has 1 amide bonds. The average molecular weight is 474 g/mol. The number of aliphatic hydroxyl groups is 1. The molecule has 1 aliphatic rings. The van der Waals surface area contributed by atoms with E-state index in [1.807, 2.05) is 72.8 Å². The van der Waals surface area contributed by atoms with Crippen LogP contribution in [0.2, 0.25) is 0 Å². The molecule has 5 heteroatoms. The number of hydrogen-bond acceptors (Lipinski definition) is 4. The number of para-hydroxylation sites is 2. The van der Waals surface area contributed by atoms with Gasteiger partial charge < -0.3 is 19.5 Å². The maximum Gasteiger partial charge on any atom is 0.256 e. The Morgan fingerprint density at radius 1 is 0.914 bits per heavy atom. The average Bonchev–Trinajstić information content (AvgIpc) is 3.65. The molecule has 3 aromatic rings. The molecule has 0 heterocycles. The van der Waals surface area contributed by atoms with Gasteiger partial charge in [-0.05, 0) is 49.1 Å². The Hall–Kier alpha value is -3.31. The zero-order chi connectivity index (χ0) is 24.7. The fraction of sp³-hybridized carbons (Fsp3) is 0.367. The highest BCUT2D eigenvalue weighted by Crippen LogP contribution is 2.41. The van der Waals surface area contributed by atoms with E-state index in [0.717, 1.165) is 41.0 Å². The van der Waals surface area contributed by atoms with Crippen LogP contribution in [-0.4, -0.2) is 35.4 Å². The molecule has 0 unspecified atom stereocenters. The number of carbonyl (C=O) groups excluding carboxylic acids is 1. The predicted molar refractivity (Wildman–Crippen MR) is 139 cm³/mol. The van der Waals surface area contributed by atoms with Crippen LogP contribution in [-0.2, 0) is 6.54 Å². The van der Waals surface area contributed by atoms with Crippen molar-refractivity contribution in [1.82, 2.24) is 4.90 Å². The second-order valence-electron chi connectivity index (χ2n) is 9.17. The van der Waals surface area contributed by atoms with Crippen LogP contribution in [0.1, 0.15) is 61.4 Å². The third kappa shape index (κ3) is 6.04. The van der Waals surface area contributed by atoms with Crippen LogP contribution in [0.3, 0.4) is 0 Å². The maximum atomic E-state index is 13.6. The van der Waals surface area contributed by atoms with E-state index in [1.165, 1.54) is 12.8 Å². The summed E-state index contributed by atoms with van der Waals surface area (Å²) in [6, 6.07) is 23.1. The fourth-order valence-electron chi connectivity index (χ4n) is 4.28. The number of unbranched alkanes of at least 4 members (excludes halogenated alkanes) is 3. The molecule has 5 nitrogen and oxygen atoms in total. The van der Waals surface area contributed by atoms with Crippen molar-refractivity contribution >= 4 is 5.91 Å². The summed E-state index contributed by atoms with van der Waals surface area (Å²) in [6.45, 7) is 3.14. The van der Waals surface area contributed by atoms with E-state index in [9.17, 15) is 9.90 Å². The highest BCUT2D eigenvalue weighted by molar-refractivity contribution is 5.95. The Labute approximate surface area is 208 Å². The van der Waals surface area contributed by atoms with Crippen molar-refractivity contribution in [2.24, 2.45) is 0 Å². The lowest BCUT2D eigenvalue weighted by molar-refractivity contribution is -0.0150. The Bertz CT molecular complexity index is 1120. The molecule has 0 radical (unpaired) electrons. The smallest absolute Gasteiger partial charge is 0.256 e. The van der Waals surface area contributed by atoms with Crippen LogP contribution in [0.15, 0.2) is 72.8 Å². The number of amides is 1. The number of carbonyl (C=O) groups is 1. The van der Waals surface area contributed by atoms with Gasteiger partial charge in [-0.3, -0.25) is 4.79 Å². The molecule has 35 heavy (non-hydrogen) atoms. The third-order valence-electron chi connectivity index (χ3n) is 6.55. The summed E-state index contributed by atoms with van der Waals surface area (Å²) in [5.74, 6) is 1.37. The van der Waals surface area contributed by atoms with Gasteiger partial charge in [-0.25, -0.2) is 0 Å². The number of methoxy groups -OCH3 is 1. The molecule has 0 aromatic heterocycles. The monoisotopic (exact) mass is 473 g/mol. The normalized spacial score (nSPS) is 13.8. The SMILES string of the molecule is CCCCCCOc1ccccc1CN(C(=O)c1ccc(-c2ccccc2OC)cc1)C1(O)CC1. The minimum Gasteiger partial charge on any atom is -0.496 e. The number of ether oxygens (including phenoxy) is 2. The van der Waals surface area contributed by atoms with Crippen molar-refractivity contribution in [3.63, 3.8) is 0 Å². The second kappa shape index (κ2) is 11.4. The molecule has 1 N–H and O–H groups in total. The van der Waals surface area contributed by atoms with Crippen LogP contribution >= 0.6 is 0 Å². The summed E-state index contributed by atoms with van der Waals surface area (Å²) in [6.07, 6.45) is 5.71. The lowest BCUT2D eigenvalue weighted by Crippen LogP contribution is -2.41. The van der Waals surface area contributed by atoms with Crippen molar-refractivity contribution in [3.05, 3.63) is 83.9 Å². The molecular weight excluding hydrogens is 438 g/mol. The molecular formula is C30H35NO4. The van der Waals surface area contributed by atoms with Gasteiger partial charge in [0.15, 0.2) is 0 Å². The fourth-order valence-corrected chi connectivity index (χ4v) is 4.28. The highest BCUT2D eigenvalue weighted by atomic mass is 16.5. The molecule has 1 aliphatic carbocycles. The van der Waals surface area contributed by atoms with E-state index in [-0.39, 0.29) is 5.91 Å². The zero-order valence-electron chi connectivity index (χ0n) is 20.7. The molecule has 0 atom stereocenters. The van der Waals surface area contributed by atoms with Crippen LogP contribution in [0.25, 0.3) is 11.1 Å². The van der Waals surface area contributed by atoms with Gasteiger partial charge in [0, 0.05) is 16.7 Å². The van der Waals surface area contributed by atoms with Gasteiger partial charge in [-0.1, -0.05) is 74.7 Å². The molecule has 1 saturated carbocycles. The summed E-state index contributed by atoms with van der Waals surface area (Å²) in [5, 5.41) is 11.0. The summed E-state index contributed by atoms with van der Waals surface area (Å²) in [4.78, 5) is 15.1. The largest absolute Gasteiger partial charge is 0.496 e. The molecule has 4 rings (SSSR count). The van der Waals surface area contributed by atoms with Crippen LogP contribution in [0.5, 0.6) is 11.5 Å². The molecule has 0 aliphatic heterocycles. The van der Waals surface area contributed by atoms with Crippen molar-refractivity contribution in [1.29, 1.82) is 0 Å². The van der Waals surface area contributed by atoms with E-state index >= 15 is 0 Å². The van der Waals surface area contributed by atoms with Crippen molar-refractivity contribution < 1.29 is 19.4 Å². The summed E-state index contributed by atoms with van der Waals surface area (Å²) < 4.78 is 11.5. The molecule has 0 spiro atoms. The Balaban J connectivity index is 1.51. The lowest BCUT2D eigenvalue weighted by atomic mass is 10.0. The quantitative estimate of drug-likeness (QED) is 0.243. The number of hydrogen-bond donors (Lipinski definition) is 1. The van der Waals surface area contributed by atoms with Gasteiger partial charge in [0.1, 0.15) is 17.2 Å². The lowest BCUT2D eigenvalue weighted by Gasteiger charge is -2.29. The summed E-state index contributed by atoms with van der Waals surface area (Å²) in [5.41, 5.74) is 2.28. The standard InChI is InChI=1S/C30H35NO4/c1-3-4-5-10-21-35-27-13-8-6-11-25(27)22-31(30(33)19-20-30)29(32)24-17-15-23(16-18-24)26-12-7-9-14-28(26)34-2/h6-9,11-18,33H,3-5,10,19-22H2,1-2H3. The first-order chi connectivity index (χ1) is 17.1. The van der Waals surface area contributed by atoms with E-state index in [0.29, 0.717) is 31.6 Å². The molecule has 0 saturated heterocycles. The number of benzene rings is 3. The van der Waals surface area contributed by atoms with E-state index in [4.69, 9.17) is 9.47 Å². The summed E-state index contributed by atoms with van der Waals surface area (Å²) >= 11 is 0. The van der Waals surface area contributed by atoms with Gasteiger partial charge in [-0.2, -0.15) is 0 Å². The topological polar surface area (TPSA) is 59.0 Å². The first-order valence-electron chi connectivity index (χ1n) is 12.5. The maximum absolute atomic E-state index is 13.6. The number of nitrogens with zero attached hydrogens (tertiary/aromatic N) is 1. The van der Waals surface area contributed by atoms with E-state index in [2.05, 4.69) is 6.92 Å². The molecule has 1 fully saturated rings. The van der Waals surface area contributed by atoms with E-state index < -0.39 is 5.72 Å². The molecule has 0 bridgehead atoms. The first-order valence-corrected chi connectivity index (χ1v) is 12.5. The van der Waals surface area contributed by atoms with Gasteiger partial charge in [0.25, 0.3) is 5.91 Å². The van der Waals surface area contributed by atoms with Crippen LogP contribution in [0, 0.1) is 0 Å². The Morgan fingerprint density at radius 2 is 1.60 bits per heavy atom. The predicted octanol–water partition coefficient (Wildman–Crippen LogP) is 6.45. The van der Waals surface area contributed by atoms with Crippen LogP contribution in [0.4, 0.5) is 0 Å². The zero-order valence-corrected chi connectivity index (χ0v) is 20.7.